The summed E-state index contributed by atoms with van der Waals surface area (Å²) in [5.41, 5.74) is 2.80. The number of benzene rings is 2. The van der Waals surface area contributed by atoms with E-state index in [1.807, 2.05) is 60.7 Å². The third kappa shape index (κ3) is 4.72. The van der Waals surface area contributed by atoms with E-state index in [9.17, 15) is 4.79 Å². The van der Waals surface area contributed by atoms with E-state index in [-0.39, 0.29) is 5.78 Å². The van der Waals surface area contributed by atoms with Crippen LogP contribution in [-0.4, -0.2) is 29.1 Å². The molecule has 0 bridgehead atoms. The summed E-state index contributed by atoms with van der Waals surface area (Å²) in [6.07, 6.45) is 4.89. The highest BCUT2D eigenvalue weighted by molar-refractivity contribution is 7.99. The number of oxazole rings is 1. The van der Waals surface area contributed by atoms with E-state index in [0.29, 0.717) is 23.6 Å². The highest BCUT2D eigenvalue weighted by Crippen LogP contribution is 2.35. The number of aromatic nitrogens is 1. The summed E-state index contributed by atoms with van der Waals surface area (Å²) in [5.74, 6) is 1.28. The minimum atomic E-state index is 0.178. The van der Waals surface area contributed by atoms with Gasteiger partial charge in [0.15, 0.2) is 11.5 Å². The minimum absolute atomic E-state index is 0.178. The number of nitrogens with one attached hydrogen (secondary N) is 1. The Morgan fingerprint density at radius 3 is 2.32 bits per heavy atom. The van der Waals surface area contributed by atoms with E-state index in [4.69, 9.17) is 9.40 Å². The predicted octanol–water partition coefficient (Wildman–Crippen LogP) is 5.20. The molecule has 1 aromatic heterocycles. The molecule has 0 atom stereocenters. The first-order valence-corrected chi connectivity index (χ1v) is 10.8. The van der Waals surface area contributed by atoms with Gasteiger partial charge >= 0.3 is 0 Å². The molecule has 4 nitrogen and oxygen atoms in total. The summed E-state index contributed by atoms with van der Waals surface area (Å²) in [4.78, 5) is 16.9. The van der Waals surface area contributed by atoms with E-state index in [1.54, 1.807) is 0 Å². The molecule has 1 saturated carbocycles. The van der Waals surface area contributed by atoms with E-state index in [2.05, 4.69) is 5.32 Å². The van der Waals surface area contributed by atoms with Gasteiger partial charge in [0.05, 0.1) is 12.3 Å². The van der Waals surface area contributed by atoms with Gasteiger partial charge in [-0.3, -0.25) is 4.79 Å². The van der Waals surface area contributed by atoms with Crippen LogP contribution < -0.4 is 5.32 Å². The zero-order valence-electron chi connectivity index (χ0n) is 15.8. The average molecular weight is 393 g/mol. The number of hydrogen-bond donors (Lipinski definition) is 1. The zero-order valence-corrected chi connectivity index (χ0v) is 16.6. The van der Waals surface area contributed by atoms with Crippen LogP contribution in [0.2, 0.25) is 0 Å². The second-order valence-electron chi connectivity index (χ2n) is 7.08. The summed E-state index contributed by atoms with van der Waals surface area (Å²) in [7, 11) is 0. The van der Waals surface area contributed by atoms with Crippen molar-refractivity contribution in [2.24, 2.45) is 0 Å². The topological polar surface area (TPSA) is 55.1 Å². The number of rotatable bonds is 8. The smallest absolute Gasteiger partial charge is 0.257 e. The average Bonchev–Trinajstić information content (AvgIpc) is 3.42. The van der Waals surface area contributed by atoms with E-state index in [1.165, 1.54) is 37.4 Å². The van der Waals surface area contributed by atoms with Crippen LogP contribution in [0.1, 0.15) is 25.7 Å². The molecule has 0 saturated heterocycles. The van der Waals surface area contributed by atoms with Crippen LogP contribution >= 0.6 is 11.8 Å². The number of carbonyl (C=O) groups excluding carboxylic acids is 1. The molecule has 0 unspecified atom stereocenters. The Balaban J connectivity index is 1.47. The summed E-state index contributed by atoms with van der Waals surface area (Å²) < 4.78 is 6.06. The Kier molecular flexibility index (Phi) is 6.24. The van der Waals surface area contributed by atoms with Crippen LogP contribution in [0, 0.1) is 0 Å². The molecule has 28 heavy (non-hydrogen) atoms. The number of thioether (sulfide) groups is 1. The lowest BCUT2D eigenvalue weighted by molar-refractivity contribution is -0.115. The van der Waals surface area contributed by atoms with Crippen LogP contribution in [-0.2, 0) is 4.79 Å². The second-order valence-corrected chi connectivity index (χ2v) is 8.01. The molecule has 0 spiro atoms. The molecule has 2 aromatic carbocycles. The van der Waals surface area contributed by atoms with Gasteiger partial charge < -0.3 is 9.73 Å². The normalized spacial score (nSPS) is 14.4. The fourth-order valence-corrected chi connectivity index (χ4v) is 4.21. The molecule has 1 aliphatic carbocycles. The van der Waals surface area contributed by atoms with E-state index >= 15 is 0 Å². The SMILES string of the molecule is O=C(CNC1CCCC1)CSc1nc(-c2ccccc2)c(-c2ccccc2)o1. The third-order valence-electron chi connectivity index (χ3n) is 4.99. The van der Waals surface area contributed by atoms with Crippen molar-refractivity contribution in [3.8, 4) is 22.6 Å². The Bertz CT molecular complexity index is 846. The monoisotopic (exact) mass is 392 g/mol. The maximum Gasteiger partial charge on any atom is 0.257 e. The van der Waals surface area contributed by atoms with Crippen molar-refractivity contribution in [1.82, 2.24) is 10.3 Å². The van der Waals surface area contributed by atoms with Gasteiger partial charge in [-0.2, -0.15) is 0 Å². The van der Waals surface area contributed by atoms with Gasteiger partial charge in [0.25, 0.3) is 5.22 Å². The molecule has 3 aromatic rings. The largest absolute Gasteiger partial charge is 0.431 e. The van der Waals surface area contributed by atoms with Gasteiger partial charge in [-0.05, 0) is 12.8 Å². The molecule has 1 fully saturated rings. The van der Waals surface area contributed by atoms with Crippen LogP contribution in [0.25, 0.3) is 22.6 Å². The minimum Gasteiger partial charge on any atom is -0.431 e. The molecule has 4 rings (SSSR count). The lowest BCUT2D eigenvalue weighted by atomic mass is 10.1. The molecule has 0 amide bonds. The summed E-state index contributed by atoms with van der Waals surface area (Å²) in [5, 5.41) is 3.91. The van der Waals surface area contributed by atoms with Gasteiger partial charge in [0.1, 0.15) is 5.69 Å². The van der Waals surface area contributed by atoms with Crippen LogP contribution in [0.5, 0.6) is 0 Å². The molecule has 0 radical (unpaired) electrons. The van der Waals surface area contributed by atoms with Gasteiger partial charge in [-0.15, -0.1) is 0 Å². The van der Waals surface area contributed by atoms with Crippen molar-refractivity contribution in [1.29, 1.82) is 0 Å². The Morgan fingerprint density at radius 2 is 1.64 bits per heavy atom. The molecular weight excluding hydrogens is 368 g/mol. The molecule has 5 heteroatoms. The molecule has 0 aliphatic heterocycles. The zero-order chi connectivity index (χ0) is 19.2. The maximum atomic E-state index is 12.3. The second kappa shape index (κ2) is 9.22. The number of ketones is 1. The lowest BCUT2D eigenvalue weighted by Gasteiger charge is -2.10. The van der Waals surface area contributed by atoms with Crippen molar-refractivity contribution in [3.63, 3.8) is 0 Å². The highest BCUT2D eigenvalue weighted by atomic mass is 32.2. The Labute approximate surface area is 169 Å². The van der Waals surface area contributed by atoms with E-state index in [0.717, 1.165) is 22.6 Å². The number of Topliss-reactive ketones (excluding diaryl/α,β-unsaturated/α-hetero) is 1. The predicted molar refractivity (Wildman–Crippen MR) is 113 cm³/mol. The van der Waals surface area contributed by atoms with Crippen LogP contribution in [0.4, 0.5) is 0 Å². The van der Waals surface area contributed by atoms with Crippen molar-refractivity contribution >= 4 is 17.5 Å². The maximum absolute atomic E-state index is 12.3. The summed E-state index contributed by atoms with van der Waals surface area (Å²) in [6, 6.07) is 20.5. The van der Waals surface area contributed by atoms with Crippen molar-refractivity contribution in [2.75, 3.05) is 12.3 Å². The Morgan fingerprint density at radius 1 is 1.00 bits per heavy atom. The van der Waals surface area contributed by atoms with Crippen molar-refractivity contribution in [2.45, 2.75) is 36.9 Å². The van der Waals surface area contributed by atoms with Crippen molar-refractivity contribution < 1.29 is 9.21 Å². The first-order valence-electron chi connectivity index (χ1n) is 9.79. The fourth-order valence-electron chi connectivity index (χ4n) is 3.52. The fraction of sp³-hybridized carbons (Fsp3) is 0.304. The van der Waals surface area contributed by atoms with E-state index < -0.39 is 0 Å². The van der Waals surface area contributed by atoms with Crippen molar-refractivity contribution in [3.05, 3.63) is 60.7 Å². The highest BCUT2D eigenvalue weighted by Gasteiger charge is 2.19. The van der Waals surface area contributed by atoms with Crippen LogP contribution in [0.15, 0.2) is 70.3 Å². The number of hydrogen-bond acceptors (Lipinski definition) is 5. The molecule has 1 N–H and O–H groups in total. The molecular formula is C23H24N2O2S. The lowest BCUT2D eigenvalue weighted by Crippen LogP contribution is -2.32. The summed E-state index contributed by atoms with van der Waals surface area (Å²) >= 11 is 1.37. The third-order valence-corrected chi connectivity index (χ3v) is 5.88. The van der Waals surface area contributed by atoms with Gasteiger partial charge in [-0.1, -0.05) is 85.3 Å². The number of carbonyl (C=O) groups is 1. The molecule has 144 valence electrons. The molecule has 1 aliphatic rings. The molecule has 1 heterocycles. The Hall–Kier alpha value is -2.37. The van der Waals surface area contributed by atoms with Crippen LogP contribution in [0.3, 0.4) is 0 Å². The first-order chi connectivity index (χ1) is 13.8. The number of nitrogens with zero attached hydrogens (tertiary/aromatic N) is 1. The summed E-state index contributed by atoms with van der Waals surface area (Å²) in [6.45, 7) is 0.426. The van der Waals surface area contributed by atoms with Gasteiger partial charge in [0.2, 0.25) is 0 Å². The quantitative estimate of drug-likeness (QED) is 0.534. The first kappa shape index (κ1) is 19.0. The van der Waals surface area contributed by atoms with Gasteiger partial charge in [0, 0.05) is 17.2 Å². The van der Waals surface area contributed by atoms with Gasteiger partial charge in [-0.25, -0.2) is 4.98 Å². The standard InChI is InChI=1S/C23H24N2O2S/c26-20(15-24-19-13-7-8-14-19)16-28-23-25-21(17-9-3-1-4-10-17)22(27-23)18-11-5-2-6-12-18/h1-6,9-12,19,24H,7-8,13-16H2.